The summed E-state index contributed by atoms with van der Waals surface area (Å²) in [6.45, 7) is 0. The molecule has 0 aliphatic rings. The first kappa shape index (κ1) is 19.0. The molecular formula is C22H18F4O. The van der Waals surface area contributed by atoms with Crippen LogP contribution in [-0.4, -0.2) is 13.3 Å². The summed E-state index contributed by atoms with van der Waals surface area (Å²) in [5.41, 5.74) is 1.04. The highest BCUT2D eigenvalue weighted by atomic mass is 19.4. The predicted octanol–water partition coefficient (Wildman–Crippen LogP) is 6.31. The van der Waals surface area contributed by atoms with Crippen LogP contribution in [-0.2, 0) is 0 Å². The molecule has 0 saturated carbocycles. The highest BCUT2D eigenvalue weighted by molar-refractivity contribution is 5.41. The molecule has 0 saturated heterocycles. The van der Waals surface area contributed by atoms with Crippen LogP contribution in [0, 0.1) is 5.82 Å². The maximum absolute atomic E-state index is 14.2. The van der Waals surface area contributed by atoms with Crippen LogP contribution < -0.4 is 4.74 Å². The molecule has 1 nitrogen and oxygen atoms in total. The number of hydrogen-bond donors (Lipinski definition) is 0. The normalized spacial score (nSPS) is 13.8. The van der Waals surface area contributed by atoms with Gasteiger partial charge < -0.3 is 4.74 Å². The zero-order valence-corrected chi connectivity index (χ0v) is 14.6. The summed E-state index contributed by atoms with van der Waals surface area (Å²) in [6.07, 6.45) is -4.49. The van der Waals surface area contributed by atoms with E-state index in [2.05, 4.69) is 0 Å². The van der Waals surface area contributed by atoms with Gasteiger partial charge in [-0.05, 0) is 41.0 Å². The SMILES string of the molecule is COc1ccc(C(c2ccc(F)cc2)C(c2ccccc2)C(F)(F)F)cc1. The average Bonchev–Trinajstić information content (AvgIpc) is 2.67. The second-order valence-corrected chi connectivity index (χ2v) is 6.23. The Balaban J connectivity index is 2.18. The predicted molar refractivity (Wildman–Crippen MR) is 96.5 cm³/mol. The number of alkyl halides is 3. The van der Waals surface area contributed by atoms with Crippen molar-refractivity contribution in [2.45, 2.75) is 18.0 Å². The lowest BCUT2D eigenvalue weighted by Gasteiger charge is -2.30. The lowest BCUT2D eigenvalue weighted by molar-refractivity contribution is -0.153. The molecule has 3 rings (SSSR count). The molecule has 0 aromatic heterocycles. The van der Waals surface area contributed by atoms with E-state index in [0.29, 0.717) is 16.9 Å². The van der Waals surface area contributed by atoms with Crippen molar-refractivity contribution in [1.29, 1.82) is 0 Å². The number of methoxy groups -OCH3 is 1. The van der Waals surface area contributed by atoms with Gasteiger partial charge in [-0.1, -0.05) is 54.6 Å². The maximum atomic E-state index is 14.2. The van der Waals surface area contributed by atoms with E-state index >= 15 is 0 Å². The molecule has 3 aromatic carbocycles. The Hall–Kier alpha value is -2.82. The van der Waals surface area contributed by atoms with E-state index < -0.39 is 23.8 Å². The number of ether oxygens (including phenoxy) is 1. The molecule has 5 heteroatoms. The maximum Gasteiger partial charge on any atom is 0.396 e. The van der Waals surface area contributed by atoms with Crippen molar-refractivity contribution in [2.24, 2.45) is 0 Å². The summed E-state index contributed by atoms with van der Waals surface area (Å²) >= 11 is 0. The number of hydrogen-bond acceptors (Lipinski definition) is 1. The van der Waals surface area contributed by atoms with E-state index in [0.717, 1.165) is 0 Å². The standard InChI is InChI=1S/C22H18F4O/c1-27-19-13-9-16(10-14-19)20(15-7-11-18(23)12-8-15)21(22(24,25)26)17-5-3-2-4-6-17/h2-14,20-21H,1H3. The second-order valence-electron chi connectivity index (χ2n) is 6.23. The first-order valence-corrected chi connectivity index (χ1v) is 8.41. The molecule has 140 valence electrons. The van der Waals surface area contributed by atoms with Crippen LogP contribution in [0.2, 0.25) is 0 Å². The Bertz CT molecular complexity index is 856. The second kappa shape index (κ2) is 7.82. The Morgan fingerprint density at radius 1 is 0.704 bits per heavy atom. The van der Waals surface area contributed by atoms with Gasteiger partial charge in [0.15, 0.2) is 0 Å². The van der Waals surface area contributed by atoms with Crippen molar-refractivity contribution in [1.82, 2.24) is 0 Å². The third-order valence-corrected chi connectivity index (χ3v) is 4.55. The van der Waals surface area contributed by atoms with Crippen molar-refractivity contribution < 1.29 is 22.3 Å². The van der Waals surface area contributed by atoms with Gasteiger partial charge in [-0.3, -0.25) is 0 Å². The van der Waals surface area contributed by atoms with Crippen molar-refractivity contribution >= 4 is 0 Å². The Labute approximate surface area is 155 Å². The molecule has 2 unspecified atom stereocenters. The molecule has 2 atom stereocenters. The van der Waals surface area contributed by atoms with E-state index in [1.54, 1.807) is 42.5 Å². The molecule has 0 spiro atoms. The van der Waals surface area contributed by atoms with Crippen LogP contribution >= 0.6 is 0 Å². The fourth-order valence-corrected chi connectivity index (χ4v) is 3.29. The monoisotopic (exact) mass is 374 g/mol. The van der Waals surface area contributed by atoms with Gasteiger partial charge in [-0.2, -0.15) is 13.2 Å². The smallest absolute Gasteiger partial charge is 0.396 e. The molecule has 0 N–H and O–H groups in total. The summed E-state index contributed by atoms with van der Waals surface area (Å²) in [5, 5.41) is 0. The largest absolute Gasteiger partial charge is 0.497 e. The van der Waals surface area contributed by atoms with E-state index in [1.165, 1.54) is 43.5 Å². The summed E-state index contributed by atoms with van der Waals surface area (Å²) in [4.78, 5) is 0. The molecule has 0 amide bonds. The summed E-state index contributed by atoms with van der Waals surface area (Å²) in [6, 6.07) is 19.5. The molecular weight excluding hydrogens is 356 g/mol. The zero-order valence-electron chi connectivity index (χ0n) is 14.6. The number of benzene rings is 3. The third-order valence-electron chi connectivity index (χ3n) is 4.55. The van der Waals surface area contributed by atoms with Crippen molar-refractivity contribution in [2.75, 3.05) is 7.11 Å². The van der Waals surface area contributed by atoms with Gasteiger partial charge in [0.25, 0.3) is 0 Å². The van der Waals surface area contributed by atoms with Gasteiger partial charge in [-0.15, -0.1) is 0 Å². The van der Waals surface area contributed by atoms with Crippen LogP contribution in [0.1, 0.15) is 28.5 Å². The Morgan fingerprint density at radius 2 is 1.22 bits per heavy atom. The van der Waals surface area contributed by atoms with Gasteiger partial charge in [0, 0.05) is 5.92 Å². The summed E-state index contributed by atoms with van der Waals surface area (Å²) in [5.74, 6) is -2.72. The molecule has 0 radical (unpaired) electrons. The van der Waals surface area contributed by atoms with Crippen molar-refractivity contribution in [3.63, 3.8) is 0 Å². The molecule has 0 aliphatic carbocycles. The lowest BCUT2D eigenvalue weighted by atomic mass is 9.76. The van der Waals surface area contributed by atoms with Crippen LogP contribution in [0.15, 0.2) is 78.9 Å². The van der Waals surface area contributed by atoms with Gasteiger partial charge in [0.2, 0.25) is 0 Å². The first-order valence-electron chi connectivity index (χ1n) is 8.41. The highest BCUT2D eigenvalue weighted by Crippen LogP contribution is 2.48. The minimum atomic E-state index is -4.49. The van der Waals surface area contributed by atoms with E-state index in [-0.39, 0.29) is 5.56 Å². The Morgan fingerprint density at radius 3 is 1.70 bits per heavy atom. The number of halogens is 4. The van der Waals surface area contributed by atoms with Gasteiger partial charge >= 0.3 is 6.18 Å². The third kappa shape index (κ3) is 4.30. The minimum Gasteiger partial charge on any atom is -0.497 e. The van der Waals surface area contributed by atoms with Crippen LogP contribution in [0.3, 0.4) is 0 Å². The van der Waals surface area contributed by atoms with Crippen LogP contribution in [0.5, 0.6) is 5.75 Å². The summed E-state index contributed by atoms with van der Waals surface area (Å²) in [7, 11) is 1.49. The highest BCUT2D eigenvalue weighted by Gasteiger charge is 2.46. The molecule has 27 heavy (non-hydrogen) atoms. The van der Waals surface area contributed by atoms with Crippen LogP contribution in [0.4, 0.5) is 17.6 Å². The van der Waals surface area contributed by atoms with Crippen molar-refractivity contribution in [3.05, 3.63) is 101 Å². The first-order chi connectivity index (χ1) is 12.9. The number of rotatable bonds is 5. The Kier molecular flexibility index (Phi) is 5.49. The van der Waals surface area contributed by atoms with Crippen molar-refractivity contribution in [3.8, 4) is 5.75 Å². The molecule has 3 aromatic rings. The molecule has 0 bridgehead atoms. The molecule has 0 heterocycles. The van der Waals surface area contributed by atoms with E-state index in [4.69, 9.17) is 4.74 Å². The lowest BCUT2D eigenvalue weighted by Crippen LogP contribution is -2.28. The average molecular weight is 374 g/mol. The topological polar surface area (TPSA) is 9.23 Å². The van der Waals surface area contributed by atoms with Crippen LogP contribution in [0.25, 0.3) is 0 Å². The quantitative estimate of drug-likeness (QED) is 0.475. The van der Waals surface area contributed by atoms with Gasteiger partial charge in [-0.25, -0.2) is 4.39 Å². The van der Waals surface area contributed by atoms with E-state index in [9.17, 15) is 17.6 Å². The van der Waals surface area contributed by atoms with E-state index in [1.807, 2.05) is 0 Å². The fraction of sp³-hybridized carbons (Fsp3) is 0.182. The minimum absolute atomic E-state index is 0.162. The summed E-state index contributed by atoms with van der Waals surface area (Å²) < 4.78 is 60.9. The molecule has 0 aliphatic heterocycles. The molecule has 0 fully saturated rings. The van der Waals surface area contributed by atoms with Gasteiger partial charge in [0.05, 0.1) is 13.0 Å². The fourth-order valence-electron chi connectivity index (χ4n) is 3.29. The zero-order chi connectivity index (χ0) is 19.4. The van der Waals surface area contributed by atoms with Gasteiger partial charge in [0.1, 0.15) is 11.6 Å².